The summed E-state index contributed by atoms with van der Waals surface area (Å²) < 4.78 is 14.6. The second kappa shape index (κ2) is 7.32. The first-order valence-electron chi connectivity index (χ1n) is 8.53. The maximum atomic E-state index is 14.6. The van der Waals surface area contributed by atoms with Crippen molar-refractivity contribution in [3.8, 4) is 0 Å². The summed E-state index contributed by atoms with van der Waals surface area (Å²) in [4.78, 5) is 17.5. The standard InChI is InChI=1S/C19H16ClFN4OS/c1-2-10-27-19-23-18(26)16-11-6-3-4-9-14(11)22-17(25(16)24-19)15-12(20)7-5-8-13(15)21/h3-9,17H,2,10H2,1H3,(H,23,24,26)/t17-/m1/s1. The van der Waals surface area contributed by atoms with E-state index in [0.29, 0.717) is 21.4 Å². The maximum Gasteiger partial charge on any atom is 0.276 e. The number of amides is 1. The van der Waals surface area contributed by atoms with Crippen molar-refractivity contribution < 1.29 is 9.18 Å². The quantitative estimate of drug-likeness (QED) is 0.858. The van der Waals surface area contributed by atoms with E-state index in [1.807, 2.05) is 19.1 Å². The molecular weight excluding hydrogens is 387 g/mol. The van der Waals surface area contributed by atoms with E-state index in [-0.39, 0.29) is 16.5 Å². The Balaban J connectivity index is 1.95. The van der Waals surface area contributed by atoms with E-state index in [9.17, 15) is 9.18 Å². The van der Waals surface area contributed by atoms with Gasteiger partial charge in [0.2, 0.25) is 0 Å². The average molecular weight is 403 g/mol. The molecule has 0 spiro atoms. The first-order chi connectivity index (χ1) is 13.1. The zero-order valence-corrected chi connectivity index (χ0v) is 16.0. The lowest BCUT2D eigenvalue weighted by atomic mass is 10.1. The lowest BCUT2D eigenvalue weighted by Crippen LogP contribution is -2.50. The normalized spacial score (nSPS) is 18.3. The molecule has 5 nitrogen and oxygen atoms in total. The van der Waals surface area contributed by atoms with E-state index in [1.165, 1.54) is 28.9 Å². The number of hydrazone groups is 1. The van der Waals surface area contributed by atoms with Crippen LogP contribution in [0.25, 0.3) is 5.70 Å². The summed E-state index contributed by atoms with van der Waals surface area (Å²) >= 11 is 7.73. The average Bonchev–Trinajstić information content (AvgIpc) is 2.66. The third-order valence-corrected chi connectivity index (χ3v) is 5.62. The number of carbonyl (C=O) groups is 1. The number of hydrogen-bond donors (Lipinski definition) is 1. The third-order valence-electron chi connectivity index (χ3n) is 4.22. The van der Waals surface area contributed by atoms with Crippen molar-refractivity contribution in [3.05, 3.63) is 69.4 Å². The van der Waals surface area contributed by atoms with Crippen LogP contribution in [0.1, 0.15) is 25.1 Å². The summed E-state index contributed by atoms with van der Waals surface area (Å²) in [6.07, 6.45) is 0.0817. The molecule has 4 rings (SSSR count). The van der Waals surface area contributed by atoms with Gasteiger partial charge in [0.05, 0.1) is 15.9 Å². The minimum atomic E-state index is -0.855. The number of carbonyl (C=O) groups excluding carboxylic acids is 1. The Kier molecular flexibility index (Phi) is 4.88. The number of halogens is 2. The summed E-state index contributed by atoms with van der Waals surface area (Å²) in [5.74, 6) is 0.0311. The van der Waals surface area contributed by atoms with Crippen molar-refractivity contribution in [1.82, 2.24) is 10.3 Å². The molecule has 2 aromatic carbocycles. The molecule has 1 amide bonds. The lowest BCUT2D eigenvalue weighted by molar-refractivity contribution is -0.116. The van der Waals surface area contributed by atoms with Gasteiger partial charge in [0.15, 0.2) is 11.3 Å². The van der Waals surface area contributed by atoms with Gasteiger partial charge in [-0.25, -0.2) is 9.40 Å². The number of thioether (sulfide) groups is 1. The van der Waals surface area contributed by atoms with Crippen LogP contribution in [0.4, 0.5) is 4.39 Å². The van der Waals surface area contributed by atoms with Crippen LogP contribution in [0.15, 0.2) is 52.6 Å². The molecule has 138 valence electrons. The summed E-state index contributed by atoms with van der Waals surface area (Å²) in [6, 6.07) is 11.7. The lowest BCUT2D eigenvalue weighted by Gasteiger charge is -2.34. The molecule has 0 fully saturated rings. The van der Waals surface area contributed by atoms with Crippen molar-refractivity contribution in [2.75, 3.05) is 5.75 Å². The van der Waals surface area contributed by atoms with E-state index in [4.69, 9.17) is 11.6 Å². The number of hydrogen-bond acceptors (Lipinski definition) is 5. The van der Waals surface area contributed by atoms with Gasteiger partial charge in [-0.1, -0.05) is 54.6 Å². The van der Waals surface area contributed by atoms with E-state index in [2.05, 4.69) is 15.4 Å². The van der Waals surface area contributed by atoms with Crippen LogP contribution in [0.3, 0.4) is 0 Å². The van der Waals surface area contributed by atoms with Crippen molar-refractivity contribution in [2.45, 2.75) is 19.5 Å². The molecule has 27 heavy (non-hydrogen) atoms. The fourth-order valence-corrected chi connectivity index (χ4v) is 4.01. The number of rotatable bonds is 3. The molecule has 2 aliphatic heterocycles. The highest BCUT2D eigenvalue weighted by Gasteiger charge is 2.36. The predicted molar refractivity (Wildman–Crippen MR) is 105 cm³/mol. The van der Waals surface area contributed by atoms with Crippen LogP contribution in [0, 0.1) is 5.82 Å². The molecule has 0 saturated heterocycles. The van der Waals surface area contributed by atoms with E-state index in [1.54, 1.807) is 18.2 Å². The highest BCUT2D eigenvalue weighted by molar-refractivity contribution is 8.13. The van der Waals surface area contributed by atoms with Crippen molar-refractivity contribution in [1.29, 1.82) is 0 Å². The van der Waals surface area contributed by atoms with Crippen LogP contribution < -0.4 is 15.9 Å². The van der Waals surface area contributed by atoms with Gasteiger partial charge in [-0.15, -0.1) is 5.10 Å². The minimum absolute atomic E-state index is 0.199. The minimum Gasteiger partial charge on any atom is -0.298 e. The zero-order valence-electron chi connectivity index (χ0n) is 14.4. The molecule has 8 heteroatoms. The Morgan fingerprint density at radius 2 is 2.07 bits per heavy atom. The Hall–Kier alpha value is -2.38. The van der Waals surface area contributed by atoms with Crippen molar-refractivity contribution in [3.63, 3.8) is 0 Å². The van der Waals surface area contributed by atoms with Gasteiger partial charge in [-0.05, 0) is 24.6 Å². The number of para-hydroxylation sites is 1. The van der Waals surface area contributed by atoms with Crippen LogP contribution in [0.5, 0.6) is 0 Å². The molecule has 0 unspecified atom stereocenters. The van der Waals surface area contributed by atoms with Gasteiger partial charge in [-0.3, -0.25) is 15.1 Å². The van der Waals surface area contributed by atoms with E-state index >= 15 is 0 Å². The summed E-state index contributed by atoms with van der Waals surface area (Å²) in [5, 5.41) is 10.8. The monoisotopic (exact) mass is 402 g/mol. The Morgan fingerprint density at radius 3 is 2.85 bits per heavy atom. The topological polar surface area (TPSA) is 57.1 Å². The van der Waals surface area contributed by atoms with Crippen LogP contribution in [-0.2, 0) is 4.79 Å². The smallest absolute Gasteiger partial charge is 0.276 e. The molecule has 0 bridgehead atoms. The molecule has 0 aliphatic carbocycles. The highest BCUT2D eigenvalue weighted by Crippen LogP contribution is 2.35. The van der Waals surface area contributed by atoms with Gasteiger partial charge in [0.25, 0.3) is 5.91 Å². The molecule has 1 atom stereocenters. The number of fused-ring (bicyclic) bond motifs is 2. The molecule has 0 saturated carbocycles. The molecule has 1 N–H and O–H groups in total. The van der Waals surface area contributed by atoms with E-state index in [0.717, 1.165) is 12.2 Å². The van der Waals surface area contributed by atoms with Gasteiger partial charge in [0.1, 0.15) is 11.5 Å². The predicted octanol–water partition coefficient (Wildman–Crippen LogP) is 2.77. The Morgan fingerprint density at radius 1 is 1.26 bits per heavy atom. The zero-order chi connectivity index (χ0) is 19.0. The fraction of sp³-hybridized carbons (Fsp3) is 0.211. The van der Waals surface area contributed by atoms with Gasteiger partial charge >= 0.3 is 0 Å². The summed E-state index contributed by atoms with van der Waals surface area (Å²) in [5.41, 5.74) is 0.537. The SMILES string of the molecule is CCCSC1=NN2C(=c3ccccc3=N[C@H]2c2c(F)cccc2Cl)C(=O)N1. The second-order valence-corrected chi connectivity index (χ2v) is 7.55. The highest BCUT2D eigenvalue weighted by atomic mass is 35.5. The fourth-order valence-electron chi connectivity index (χ4n) is 3.04. The van der Waals surface area contributed by atoms with Gasteiger partial charge in [-0.2, -0.15) is 0 Å². The summed E-state index contributed by atoms with van der Waals surface area (Å²) in [7, 11) is 0. The molecule has 2 aromatic rings. The van der Waals surface area contributed by atoms with E-state index < -0.39 is 12.0 Å². The van der Waals surface area contributed by atoms with Crippen molar-refractivity contribution in [2.24, 2.45) is 10.1 Å². The second-order valence-electron chi connectivity index (χ2n) is 6.06. The largest absolute Gasteiger partial charge is 0.298 e. The molecule has 2 heterocycles. The third kappa shape index (κ3) is 3.21. The molecule has 0 radical (unpaired) electrons. The molecule has 2 aliphatic rings. The number of nitrogens with zero attached hydrogens (tertiary/aromatic N) is 3. The van der Waals surface area contributed by atoms with Crippen LogP contribution >= 0.6 is 23.4 Å². The molecular formula is C19H16ClFN4OS. The number of nitrogens with one attached hydrogen (secondary N) is 1. The van der Waals surface area contributed by atoms with Crippen molar-refractivity contribution >= 4 is 40.1 Å². The summed E-state index contributed by atoms with van der Waals surface area (Å²) in [6.45, 7) is 2.05. The Bertz CT molecular complexity index is 1050. The number of amidine groups is 1. The molecule has 0 aromatic heterocycles. The van der Waals surface area contributed by atoms with Gasteiger partial charge < -0.3 is 0 Å². The number of benzene rings is 2. The van der Waals surface area contributed by atoms with Crippen LogP contribution in [0.2, 0.25) is 5.02 Å². The maximum absolute atomic E-state index is 14.6. The first kappa shape index (κ1) is 18.0. The Labute approximate surface area is 164 Å². The van der Waals surface area contributed by atoms with Crippen LogP contribution in [-0.4, -0.2) is 21.8 Å². The van der Waals surface area contributed by atoms with Gasteiger partial charge in [0, 0.05) is 11.0 Å². The first-order valence-corrected chi connectivity index (χ1v) is 9.89.